The van der Waals surface area contributed by atoms with Gasteiger partial charge in [-0.2, -0.15) is 0 Å². The van der Waals surface area contributed by atoms with Crippen LogP contribution in [0.2, 0.25) is 0 Å². The van der Waals surface area contributed by atoms with E-state index in [-0.39, 0.29) is 5.92 Å². The summed E-state index contributed by atoms with van der Waals surface area (Å²) in [5, 5.41) is 6.60. The van der Waals surface area contributed by atoms with Crippen LogP contribution in [0, 0.1) is 0 Å². The van der Waals surface area contributed by atoms with Gasteiger partial charge in [0, 0.05) is 59.3 Å². The zero-order chi connectivity index (χ0) is 33.5. The van der Waals surface area contributed by atoms with Gasteiger partial charge in [-0.3, -0.25) is 0 Å². The third kappa shape index (κ3) is 4.35. The fourth-order valence-corrected chi connectivity index (χ4v) is 9.82. The Morgan fingerprint density at radius 1 is 0.490 bits per heavy atom. The Kier molecular flexibility index (Phi) is 6.28. The van der Waals surface area contributed by atoms with Crippen LogP contribution in [0.5, 0.6) is 0 Å². The van der Waals surface area contributed by atoms with Gasteiger partial charge in [-0.1, -0.05) is 115 Å². The molecule has 51 heavy (non-hydrogen) atoms. The lowest BCUT2D eigenvalue weighted by Crippen LogP contribution is -2.07. The average molecular weight is 669 g/mol. The molecule has 0 spiro atoms. The van der Waals surface area contributed by atoms with E-state index >= 15 is 0 Å². The molecule has 11 rings (SSSR count). The van der Waals surface area contributed by atoms with Crippen molar-refractivity contribution >= 4 is 70.3 Å². The number of hydrogen-bond donors (Lipinski definition) is 0. The maximum atomic E-state index is 2.47. The lowest BCUT2D eigenvalue weighted by Gasteiger charge is -2.20. The first-order valence-electron chi connectivity index (χ1n) is 17.7. The molecule has 7 aromatic carbocycles. The van der Waals surface area contributed by atoms with Gasteiger partial charge in [-0.05, 0) is 89.3 Å². The lowest BCUT2D eigenvalue weighted by atomic mass is 9.86. The Morgan fingerprint density at radius 3 is 2.06 bits per heavy atom. The molecule has 0 radical (unpaired) electrons. The minimum absolute atomic E-state index is 0.289. The van der Waals surface area contributed by atoms with Gasteiger partial charge < -0.3 is 9.13 Å². The van der Waals surface area contributed by atoms with Crippen molar-refractivity contribution in [2.45, 2.75) is 12.3 Å². The molecule has 0 fully saturated rings. The van der Waals surface area contributed by atoms with Gasteiger partial charge in [0.25, 0.3) is 0 Å². The molecule has 0 saturated carbocycles. The van der Waals surface area contributed by atoms with Crippen molar-refractivity contribution in [1.29, 1.82) is 0 Å². The first-order valence-corrected chi connectivity index (χ1v) is 18.5. The van der Waals surface area contributed by atoms with E-state index in [1.807, 2.05) is 11.3 Å². The minimum atomic E-state index is 0.289. The van der Waals surface area contributed by atoms with Gasteiger partial charge >= 0.3 is 0 Å². The summed E-state index contributed by atoms with van der Waals surface area (Å²) in [4.78, 5) is 0. The number of allylic oxidation sites excluding steroid dienone is 1. The molecule has 3 heterocycles. The standard InChI is InChI=1S/C48H32N2S/c1-2-13-34(14-3-1)49-43-21-7-4-16-37(43)41-29-31(24-26-45(41)49)32-25-27-46-42(30-32)38-17-5-8-22-44(38)50(46)35-15-10-12-33(28-35)36-19-11-20-40-39-18-6-9-23-47(39)51-48(36)40/h1-29,32H,30H2. The summed E-state index contributed by atoms with van der Waals surface area (Å²) in [5.41, 5.74) is 12.7. The highest BCUT2D eigenvalue weighted by atomic mass is 32.1. The second kappa shape index (κ2) is 11.2. The van der Waals surface area contributed by atoms with E-state index in [4.69, 9.17) is 0 Å². The molecule has 10 aromatic rings. The Bertz CT molecular complexity index is 3010. The molecule has 3 aromatic heterocycles. The summed E-state index contributed by atoms with van der Waals surface area (Å²) in [6.07, 6.45) is 5.76. The van der Waals surface area contributed by atoms with Crippen LogP contribution in [0.3, 0.4) is 0 Å². The van der Waals surface area contributed by atoms with Crippen molar-refractivity contribution in [2.24, 2.45) is 0 Å². The van der Waals surface area contributed by atoms with Gasteiger partial charge in [-0.25, -0.2) is 0 Å². The molecular formula is C48H32N2S. The number of aromatic nitrogens is 2. The van der Waals surface area contributed by atoms with Crippen molar-refractivity contribution in [3.05, 3.63) is 187 Å². The summed E-state index contributed by atoms with van der Waals surface area (Å²) in [7, 11) is 0. The van der Waals surface area contributed by atoms with Crippen molar-refractivity contribution in [3.63, 3.8) is 0 Å². The van der Waals surface area contributed by atoms with E-state index in [0.717, 1.165) is 6.42 Å². The first-order chi connectivity index (χ1) is 25.3. The van der Waals surface area contributed by atoms with Gasteiger partial charge in [0.2, 0.25) is 0 Å². The molecule has 1 atom stereocenters. The maximum Gasteiger partial charge on any atom is 0.0541 e. The second-order valence-corrected chi connectivity index (χ2v) is 14.7. The highest BCUT2D eigenvalue weighted by Crippen LogP contribution is 2.43. The fraction of sp³-hybridized carbons (Fsp3) is 0.0417. The van der Waals surface area contributed by atoms with E-state index in [1.54, 1.807) is 0 Å². The van der Waals surface area contributed by atoms with E-state index in [1.165, 1.54) is 92.2 Å². The highest BCUT2D eigenvalue weighted by molar-refractivity contribution is 7.26. The number of rotatable bonds is 4. The van der Waals surface area contributed by atoms with Crippen LogP contribution in [0.25, 0.3) is 81.5 Å². The number of fused-ring (bicyclic) bond motifs is 9. The van der Waals surface area contributed by atoms with Crippen molar-refractivity contribution < 1.29 is 0 Å². The van der Waals surface area contributed by atoms with Crippen molar-refractivity contribution in [3.8, 4) is 22.5 Å². The van der Waals surface area contributed by atoms with Crippen LogP contribution in [0.15, 0.2) is 170 Å². The molecule has 240 valence electrons. The van der Waals surface area contributed by atoms with Crippen LogP contribution in [-0.2, 0) is 6.42 Å². The smallest absolute Gasteiger partial charge is 0.0541 e. The van der Waals surface area contributed by atoms with E-state index < -0.39 is 0 Å². The molecule has 1 unspecified atom stereocenters. The number of thiophene rings is 1. The van der Waals surface area contributed by atoms with E-state index in [2.05, 4.69) is 185 Å². The van der Waals surface area contributed by atoms with E-state index in [9.17, 15) is 0 Å². The van der Waals surface area contributed by atoms with Gasteiger partial charge in [0.15, 0.2) is 0 Å². The summed E-state index contributed by atoms with van der Waals surface area (Å²) < 4.78 is 7.55. The molecule has 0 bridgehead atoms. The number of para-hydroxylation sites is 3. The minimum Gasteiger partial charge on any atom is -0.310 e. The molecule has 1 aliphatic carbocycles. The van der Waals surface area contributed by atoms with Crippen LogP contribution < -0.4 is 0 Å². The normalized spacial score (nSPS) is 14.3. The van der Waals surface area contributed by atoms with Gasteiger partial charge in [0.1, 0.15) is 0 Å². The monoisotopic (exact) mass is 668 g/mol. The average Bonchev–Trinajstić information content (AvgIpc) is 3.85. The predicted octanol–water partition coefficient (Wildman–Crippen LogP) is 13.1. The molecule has 1 aliphatic rings. The second-order valence-electron chi connectivity index (χ2n) is 13.7. The Hall–Kier alpha value is -6.16. The summed E-state index contributed by atoms with van der Waals surface area (Å²) in [6.45, 7) is 0. The molecule has 0 amide bonds. The molecule has 3 heteroatoms. The Labute approximate surface area is 299 Å². The SMILES string of the molecule is C1=CC(c2ccc3c(c2)c2ccccc2n3-c2ccccc2)Cc2c1n(-c1cccc(-c3cccc4c3sc3ccccc34)c1)c1ccccc21. The van der Waals surface area contributed by atoms with Gasteiger partial charge in [-0.15, -0.1) is 11.3 Å². The lowest BCUT2D eigenvalue weighted by molar-refractivity contribution is 0.826. The van der Waals surface area contributed by atoms with E-state index in [0.29, 0.717) is 0 Å². The quantitative estimate of drug-likeness (QED) is 0.177. The highest BCUT2D eigenvalue weighted by Gasteiger charge is 2.25. The first kappa shape index (κ1) is 28.7. The molecule has 2 nitrogen and oxygen atoms in total. The van der Waals surface area contributed by atoms with Crippen LogP contribution in [0.1, 0.15) is 22.7 Å². The third-order valence-electron chi connectivity index (χ3n) is 10.9. The predicted molar refractivity (Wildman–Crippen MR) is 218 cm³/mol. The summed E-state index contributed by atoms with van der Waals surface area (Å²) in [6, 6.07) is 60.2. The maximum absolute atomic E-state index is 2.47. The Morgan fingerprint density at radius 2 is 1.18 bits per heavy atom. The van der Waals surface area contributed by atoms with Crippen LogP contribution >= 0.6 is 11.3 Å². The summed E-state index contributed by atoms with van der Waals surface area (Å²) in [5.74, 6) is 0.289. The number of benzene rings is 7. The topological polar surface area (TPSA) is 9.86 Å². The van der Waals surface area contributed by atoms with Crippen LogP contribution in [0.4, 0.5) is 0 Å². The Balaban J connectivity index is 1.02. The largest absolute Gasteiger partial charge is 0.310 e. The molecule has 0 saturated heterocycles. The van der Waals surface area contributed by atoms with Crippen molar-refractivity contribution in [2.75, 3.05) is 0 Å². The fourth-order valence-electron chi connectivity index (χ4n) is 8.58. The third-order valence-corrected chi connectivity index (χ3v) is 12.1. The molecular weight excluding hydrogens is 637 g/mol. The molecule has 0 aliphatic heterocycles. The van der Waals surface area contributed by atoms with Crippen molar-refractivity contribution in [1.82, 2.24) is 9.13 Å². The zero-order valence-electron chi connectivity index (χ0n) is 27.8. The molecule has 0 N–H and O–H groups in total. The number of hydrogen-bond acceptors (Lipinski definition) is 1. The van der Waals surface area contributed by atoms with Gasteiger partial charge in [0.05, 0.1) is 16.6 Å². The summed E-state index contributed by atoms with van der Waals surface area (Å²) >= 11 is 1.89. The van der Waals surface area contributed by atoms with Crippen LogP contribution in [-0.4, -0.2) is 9.13 Å². The zero-order valence-corrected chi connectivity index (χ0v) is 28.6. The number of nitrogens with zero attached hydrogens (tertiary/aromatic N) is 2.